The number of anilines is 1. The number of para-hydroxylation sites is 1. The number of methoxy groups -OCH3 is 1. The van der Waals surface area contributed by atoms with Crippen LogP contribution in [-0.2, 0) is 27.1 Å². The summed E-state index contributed by atoms with van der Waals surface area (Å²) in [5.41, 5.74) is 4.50. The molecule has 0 aliphatic carbocycles. The Bertz CT molecular complexity index is 1670. The largest absolute Gasteiger partial charge is 0.465 e. The second kappa shape index (κ2) is 17.1. The van der Waals surface area contributed by atoms with Crippen molar-refractivity contribution in [1.82, 2.24) is 10.2 Å². The predicted octanol–water partition coefficient (Wildman–Crippen LogP) is 7.39. The van der Waals surface area contributed by atoms with E-state index in [9.17, 15) is 19.5 Å². The molecule has 1 aliphatic heterocycles. The molecule has 3 N–H and O–H groups in total. The van der Waals surface area contributed by atoms with Crippen LogP contribution in [0.4, 0.5) is 15.3 Å². The second-order valence-electron chi connectivity index (χ2n) is 11.5. The number of hydrogen-bond donors (Lipinski definition) is 3. The first-order valence-corrected chi connectivity index (χ1v) is 17.0. The molecule has 0 radical (unpaired) electrons. The van der Waals surface area contributed by atoms with Gasteiger partial charge in [-0.15, -0.1) is 11.8 Å². The van der Waals surface area contributed by atoms with Crippen LogP contribution in [0.3, 0.4) is 0 Å². The van der Waals surface area contributed by atoms with Crippen molar-refractivity contribution in [3.8, 4) is 11.1 Å². The molecule has 0 unspecified atom stereocenters. The lowest BCUT2D eigenvalue weighted by atomic mass is 10.00. The van der Waals surface area contributed by atoms with Gasteiger partial charge >= 0.3 is 12.2 Å². The topological polar surface area (TPSA) is 117 Å². The summed E-state index contributed by atoms with van der Waals surface area (Å²) >= 11 is 7.60. The minimum absolute atomic E-state index is 0.258. The summed E-state index contributed by atoms with van der Waals surface area (Å²) in [6.07, 6.45) is -0.918. The van der Waals surface area contributed by atoms with Crippen LogP contribution in [-0.4, -0.2) is 72.3 Å². The van der Waals surface area contributed by atoms with E-state index in [1.807, 2.05) is 103 Å². The summed E-state index contributed by atoms with van der Waals surface area (Å²) < 4.78 is 11.2. The number of alkyl carbamates (subject to hydrolysis) is 1. The lowest BCUT2D eigenvalue weighted by Crippen LogP contribution is -2.50. The van der Waals surface area contributed by atoms with Crippen LogP contribution in [0, 0.1) is 0 Å². The van der Waals surface area contributed by atoms with Gasteiger partial charge in [0.05, 0.1) is 32.4 Å². The van der Waals surface area contributed by atoms with Gasteiger partial charge < -0.3 is 30.1 Å². The third kappa shape index (κ3) is 10.00. The number of benzene rings is 4. The minimum atomic E-state index is -0.976. The number of nitrogens with one attached hydrogen (secondary N) is 2. The molecule has 0 saturated carbocycles. The molecule has 5 rings (SSSR count). The van der Waals surface area contributed by atoms with E-state index in [0.717, 1.165) is 27.1 Å². The van der Waals surface area contributed by atoms with Crippen molar-refractivity contribution in [2.24, 2.45) is 0 Å². The van der Waals surface area contributed by atoms with Crippen molar-refractivity contribution >= 4 is 47.1 Å². The molecule has 9 nitrogen and oxygen atoms in total. The van der Waals surface area contributed by atoms with Crippen molar-refractivity contribution in [2.75, 3.05) is 31.3 Å². The summed E-state index contributed by atoms with van der Waals surface area (Å²) in [6, 6.07) is 31.9. The average molecular weight is 688 g/mol. The molecule has 3 amide bonds. The summed E-state index contributed by atoms with van der Waals surface area (Å²) in [7, 11) is 1.26. The van der Waals surface area contributed by atoms with Crippen LogP contribution in [0.15, 0.2) is 108 Å². The van der Waals surface area contributed by atoms with Gasteiger partial charge in [0.2, 0.25) is 5.91 Å². The Labute approximate surface area is 289 Å². The Kier molecular flexibility index (Phi) is 12.4. The first-order chi connectivity index (χ1) is 23.3. The zero-order valence-corrected chi connectivity index (χ0v) is 28.1. The summed E-state index contributed by atoms with van der Waals surface area (Å²) in [6.45, 7) is 0.558. The smallest absolute Gasteiger partial charge is 0.407 e. The van der Waals surface area contributed by atoms with Crippen LogP contribution in [0.1, 0.15) is 17.5 Å². The highest BCUT2D eigenvalue weighted by Gasteiger charge is 2.31. The van der Waals surface area contributed by atoms with Crippen molar-refractivity contribution < 1.29 is 29.0 Å². The van der Waals surface area contributed by atoms with E-state index in [1.165, 1.54) is 12.0 Å². The lowest BCUT2D eigenvalue weighted by molar-refractivity contribution is -0.118. The van der Waals surface area contributed by atoms with E-state index in [0.29, 0.717) is 35.8 Å². The lowest BCUT2D eigenvalue weighted by Gasteiger charge is -2.36. The molecule has 0 aromatic heterocycles. The highest BCUT2D eigenvalue weighted by molar-refractivity contribution is 7.99. The number of aryl methyl sites for hydroxylation is 1. The first-order valence-electron chi connectivity index (χ1n) is 15.7. The SMILES string of the molecule is COC(=O)N[C@@H](Cc1ccc(-c2ccccc2)cc1)C(=O)Nc1ccccc1CC[C@@H]1CN(C(=O)O)C[C@@H](CSc2ccc(Cl)cc2)O1. The molecule has 4 aromatic rings. The number of rotatable bonds is 12. The molecule has 3 atom stereocenters. The van der Waals surface area contributed by atoms with E-state index in [1.54, 1.807) is 11.8 Å². The summed E-state index contributed by atoms with van der Waals surface area (Å²) in [4.78, 5) is 40.2. The highest BCUT2D eigenvalue weighted by Crippen LogP contribution is 2.26. The summed E-state index contributed by atoms with van der Waals surface area (Å²) in [5, 5.41) is 16.1. The number of nitrogens with zero attached hydrogens (tertiary/aromatic N) is 1. The van der Waals surface area contributed by atoms with E-state index >= 15 is 0 Å². The third-order valence-electron chi connectivity index (χ3n) is 8.06. The van der Waals surface area contributed by atoms with Crippen LogP contribution >= 0.6 is 23.4 Å². The predicted molar refractivity (Wildman–Crippen MR) is 189 cm³/mol. The molecular weight excluding hydrogens is 650 g/mol. The van der Waals surface area contributed by atoms with Gasteiger partial charge in [-0.2, -0.15) is 0 Å². The highest BCUT2D eigenvalue weighted by atomic mass is 35.5. The minimum Gasteiger partial charge on any atom is -0.465 e. The molecule has 4 aromatic carbocycles. The number of carboxylic acid groups (broad SMARTS) is 1. The van der Waals surface area contributed by atoms with E-state index in [-0.39, 0.29) is 31.1 Å². The van der Waals surface area contributed by atoms with Crippen LogP contribution in [0.5, 0.6) is 0 Å². The fourth-order valence-corrected chi connectivity index (χ4v) is 6.58. The summed E-state index contributed by atoms with van der Waals surface area (Å²) in [5.74, 6) is 0.211. The van der Waals surface area contributed by atoms with Crippen molar-refractivity contribution in [3.63, 3.8) is 0 Å². The molecule has 1 aliphatic rings. The van der Waals surface area contributed by atoms with Gasteiger partial charge in [-0.05, 0) is 65.4 Å². The van der Waals surface area contributed by atoms with Gasteiger partial charge in [0.1, 0.15) is 6.04 Å². The number of morpholine rings is 1. The van der Waals surface area contributed by atoms with Gasteiger partial charge in [0.15, 0.2) is 0 Å². The molecule has 1 heterocycles. The zero-order valence-electron chi connectivity index (χ0n) is 26.5. The van der Waals surface area contributed by atoms with Gasteiger partial charge in [0.25, 0.3) is 0 Å². The Morgan fingerprint density at radius 2 is 1.58 bits per heavy atom. The first kappa shape index (κ1) is 34.8. The van der Waals surface area contributed by atoms with E-state index < -0.39 is 18.2 Å². The standard InChI is InChI=1S/C37H38ClN3O6S/c1-46-36(43)40-34(21-25-11-13-27(14-12-25)26-7-3-2-4-8-26)35(42)39-33-10-6-5-9-28(33)15-18-30-22-41(37(44)45)23-31(47-30)24-48-32-19-16-29(38)17-20-32/h2-14,16-17,19-20,30-31,34H,15,18,21-24H2,1H3,(H,39,42)(H,40,43)(H,44,45)/t30-,31+,34+/m1/s1. The van der Waals surface area contributed by atoms with Crippen molar-refractivity contribution in [2.45, 2.75) is 42.4 Å². The van der Waals surface area contributed by atoms with Crippen LogP contribution < -0.4 is 10.6 Å². The van der Waals surface area contributed by atoms with Gasteiger partial charge in [-0.3, -0.25) is 4.79 Å². The maximum Gasteiger partial charge on any atom is 0.407 e. The average Bonchev–Trinajstić information content (AvgIpc) is 3.11. The molecular formula is C37H38ClN3O6S. The molecule has 48 heavy (non-hydrogen) atoms. The van der Waals surface area contributed by atoms with Crippen molar-refractivity contribution in [1.29, 1.82) is 0 Å². The Hall–Kier alpha value is -4.51. The van der Waals surface area contributed by atoms with Crippen molar-refractivity contribution in [3.05, 3.63) is 119 Å². The van der Waals surface area contributed by atoms with Gasteiger partial charge in [-0.25, -0.2) is 9.59 Å². The molecule has 11 heteroatoms. The number of amides is 3. The fraction of sp³-hybridized carbons (Fsp3) is 0.270. The maximum atomic E-state index is 13.6. The molecule has 0 bridgehead atoms. The fourth-order valence-electron chi connectivity index (χ4n) is 5.56. The molecule has 1 saturated heterocycles. The Balaban J connectivity index is 1.22. The number of halogens is 1. The third-order valence-corrected chi connectivity index (χ3v) is 9.45. The maximum absolute atomic E-state index is 13.6. The van der Waals surface area contributed by atoms with Gasteiger partial charge in [0, 0.05) is 27.8 Å². The van der Waals surface area contributed by atoms with Crippen LogP contribution in [0.25, 0.3) is 11.1 Å². The van der Waals surface area contributed by atoms with Gasteiger partial charge in [-0.1, -0.05) is 84.4 Å². The molecule has 0 spiro atoms. The normalized spacial score (nSPS) is 16.5. The number of thioether (sulfide) groups is 1. The molecule has 1 fully saturated rings. The number of ether oxygens (including phenoxy) is 2. The monoisotopic (exact) mass is 687 g/mol. The Morgan fingerprint density at radius 3 is 2.29 bits per heavy atom. The second-order valence-corrected chi connectivity index (χ2v) is 13.0. The Morgan fingerprint density at radius 1 is 0.917 bits per heavy atom. The number of hydrogen-bond acceptors (Lipinski definition) is 6. The molecule has 250 valence electrons. The number of carbonyl (C=O) groups excluding carboxylic acids is 2. The van der Waals surface area contributed by atoms with E-state index in [2.05, 4.69) is 10.6 Å². The number of carbonyl (C=O) groups is 3. The van der Waals surface area contributed by atoms with Crippen LogP contribution in [0.2, 0.25) is 5.02 Å². The zero-order chi connectivity index (χ0) is 33.9. The quantitative estimate of drug-likeness (QED) is 0.133. The van der Waals surface area contributed by atoms with E-state index in [4.69, 9.17) is 21.1 Å².